The number of carbonyl (C=O) groups is 1. The third-order valence-corrected chi connectivity index (χ3v) is 7.10. The lowest BCUT2D eigenvalue weighted by atomic mass is 9.95. The first-order valence-corrected chi connectivity index (χ1v) is 10.9. The van der Waals surface area contributed by atoms with Crippen LogP contribution < -0.4 is 15.4 Å². The maximum Gasteiger partial charge on any atom is 0.245 e. The first kappa shape index (κ1) is 19.1. The quantitative estimate of drug-likeness (QED) is 0.771. The number of hydrogen-bond donors (Lipinski definition) is 2. The van der Waals surface area contributed by atoms with Crippen LogP contribution in [-0.2, 0) is 19.4 Å². The van der Waals surface area contributed by atoms with Gasteiger partial charge in [0.2, 0.25) is 5.91 Å². The summed E-state index contributed by atoms with van der Waals surface area (Å²) >= 11 is 0. The van der Waals surface area contributed by atoms with Gasteiger partial charge in [-0.3, -0.25) is 4.79 Å². The molecule has 0 saturated carbocycles. The van der Waals surface area contributed by atoms with Gasteiger partial charge in [0.25, 0.3) is 0 Å². The van der Waals surface area contributed by atoms with Crippen molar-refractivity contribution in [2.45, 2.75) is 36.5 Å². The lowest BCUT2D eigenvalue weighted by molar-refractivity contribution is -0.119. The van der Waals surface area contributed by atoms with Crippen LogP contribution in [0.4, 0.5) is 5.69 Å². The van der Waals surface area contributed by atoms with E-state index in [1.165, 1.54) is 0 Å². The molecule has 1 aromatic carbocycles. The maximum absolute atomic E-state index is 12.8. The second-order valence-electron chi connectivity index (χ2n) is 6.94. The topological polar surface area (TPSA) is 93.7 Å². The van der Waals surface area contributed by atoms with E-state index in [1.807, 2.05) is 6.07 Å². The Bertz CT molecular complexity index is 738. The molecule has 2 aliphatic rings. The van der Waals surface area contributed by atoms with Gasteiger partial charge in [0.1, 0.15) is 12.4 Å². The Morgan fingerprint density at radius 2 is 2.15 bits per heavy atom. The Balaban J connectivity index is 1.69. The van der Waals surface area contributed by atoms with Gasteiger partial charge in [-0.15, -0.1) is 0 Å². The van der Waals surface area contributed by atoms with E-state index in [0.29, 0.717) is 31.1 Å². The summed E-state index contributed by atoms with van der Waals surface area (Å²) in [6.07, 6.45) is 3.82. The largest absolute Gasteiger partial charge is 0.491 e. The third kappa shape index (κ3) is 4.19. The molecule has 3 rings (SSSR count). The van der Waals surface area contributed by atoms with Crippen LogP contribution in [0.5, 0.6) is 5.75 Å². The van der Waals surface area contributed by atoms with Crippen molar-refractivity contribution in [2.24, 2.45) is 0 Å². The van der Waals surface area contributed by atoms with Crippen molar-refractivity contribution < 1.29 is 22.7 Å². The van der Waals surface area contributed by atoms with Crippen molar-refractivity contribution in [3.8, 4) is 5.75 Å². The van der Waals surface area contributed by atoms with Crippen LogP contribution in [-0.4, -0.2) is 57.7 Å². The van der Waals surface area contributed by atoms with E-state index in [4.69, 9.17) is 9.47 Å². The fourth-order valence-corrected chi connectivity index (χ4v) is 4.80. The Kier molecular flexibility index (Phi) is 5.84. The molecule has 0 aromatic heterocycles. The number of carbonyl (C=O) groups excluding carboxylic acids is 1. The summed E-state index contributed by atoms with van der Waals surface area (Å²) in [6.45, 7) is 2.25. The van der Waals surface area contributed by atoms with Crippen molar-refractivity contribution in [1.82, 2.24) is 5.32 Å². The predicted molar refractivity (Wildman–Crippen MR) is 99.2 cm³/mol. The van der Waals surface area contributed by atoms with E-state index in [-0.39, 0.29) is 18.9 Å². The molecule has 144 valence electrons. The number of hydrogen-bond acceptors (Lipinski definition) is 6. The first-order valence-electron chi connectivity index (χ1n) is 8.97. The molecule has 1 atom stereocenters. The molecule has 26 heavy (non-hydrogen) atoms. The van der Waals surface area contributed by atoms with Crippen molar-refractivity contribution >= 4 is 21.4 Å². The summed E-state index contributed by atoms with van der Waals surface area (Å²) in [6, 6.07) is 7.02. The molecule has 1 amide bonds. The van der Waals surface area contributed by atoms with Crippen LogP contribution >= 0.6 is 0 Å². The van der Waals surface area contributed by atoms with Gasteiger partial charge in [-0.25, -0.2) is 8.42 Å². The summed E-state index contributed by atoms with van der Waals surface area (Å²) in [7, 11) is -3.54. The highest BCUT2D eigenvalue weighted by atomic mass is 32.2. The number of rotatable bonds is 6. The molecule has 2 saturated heterocycles. The highest BCUT2D eigenvalue weighted by molar-refractivity contribution is 7.92. The summed E-state index contributed by atoms with van der Waals surface area (Å²) in [4.78, 5) is 12.8. The Morgan fingerprint density at radius 3 is 2.81 bits per heavy atom. The Hall–Kier alpha value is -1.64. The van der Waals surface area contributed by atoms with Crippen LogP contribution in [0.25, 0.3) is 0 Å². The number of benzene rings is 1. The predicted octanol–water partition coefficient (Wildman–Crippen LogP) is 1.35. The minimum Gasteiger partial charge on any atom is -0.491 e. The summed E-state index contributed by atoms with van der Waals surface area (Å²) in [5.74, 6) is 0.148. The molecule has 0 spiro atoms. The van der Waals surface area contributed by atoms with Crippen molar-refractivity contribution in [3.63, 3.8) is 0 Å². The fraction of sp³-hybridized carbons (Fsp3) is 0.611. The molecule has 2 N–H and O–H groups in total. The Morgan fingerprint density at radius 1 is 1.38 bits per heavy atom. The Labute approximate surface area is 154 Å². The van der Waals surface area contributed by atoms with Gasteiger partial charge >= 0.3 is 0 Å². The van der Waals surface area contributed by atoms with Crippen LogP contribution in [0.2, 0.25) is 0 Å². The SMILES string of the molecule is CS(=O)(=O)C1(C(=O)Nc2cccc(OCC3CCCO3)c2)CCNCC1. The number of sulfone groups is 1. The third-order valence-electron chi connectivity index (χ3n) is 5.09. The average molecular weight is 382 g/mol. The number of ether oxygens (including phenoxy) is 2. The van der Waals surface area contributed by atoms with Gasteiger partial charge in [-0.05, 0) is 50.9 Å². The van der Waals surface area contributed by atoms with Crippen LogP contribution in [0.1, 0.15) is 25.7 Å². The van der Waals surface area contributed by atoms with E-state index >= 15 is 0 Å². The molecule has 2 heterocycles. The molecular weight excluding hydrogens is 356 g/mol. The van der Waals surface area contributed by atoms with E-state index in [0.717, 1.165) is 25.7 Å². The second-order valence-corrected chi connectivity index (χ2v) is 9.27. The average Bonchev–Trinajstić information content (AvgIpc) is 3.13. The van der Waals surface area contributed by atoms with Gasteiger partial charge in [-0.2, -0.15) is 0 Å². The van der Waals surface area contributed by atoms with Crippen LogP contribution in [0.3, 0.4) is 0 Å². The fourth-order valence-electron chi connectivity index (χ4n) is 3.47. The molecule has 1 unspecified atom stereocenters. The monoisotopic (exact) mass is 382 g/mol. The molecular formula is C18H26N2O5S. The molecule has 0 radical (unpaired) electrons. The smallest absolute Gasteiger partial charge is 0.245 e. The van der Waals surface area contributed by atoms with Crippen LogP contribution in [0, 0.1) is 0 Å². The van der Waals surface area contributed by atoms with E-state index in [1.54, 1.807) is 18.2 Å². The molecule has 2 aliphatic heterocycles. The molecule has 0 bridgehead atoms. The zero-order valence-corrected chi connectivity index (χ0v) is 15.8. The van der Waals surface area contributed by atoms with Crippen molar-refractivity contribution in [1.29, 1.82) is 0 Å². The molecule has 7 nitrogen and oxygen atoms in total. The lowest BCUT2D eigenvalue weighted by Gasteiger charge is -2.34. The van der Waals surface area contributed by atoms with E-state index < -0.39 is 20.5 Å². The standard InChI is InChI=1S/C18H26N2O5S/c1-26(22,23)18(7-9-19-10-8-18)17(21)20-14-4-2-5-15(12-14)25-13-16-6-3-11-24-16/h2,4-5,12,16,19H,3,6-11,13H2,1H3,(H,20,21). The lowest BCUT2D eigenvalue weighted by Crippen LogP contribution is -2.55. The van der Waals surface area contributed by atoms with Gasteiger partial charge < -0.3 is 20.1 Å². The number of nitrogens with one attached hydrogen (secondary N) is 2. The number of anilines is 1. The first-order chi connectivity index (χ1) is 12.4. The molecule has 2 fully saturated rings. The zero-order valence-electron chi connectivity index (χ0n) is 15.0. The summed E-state index contributed by atoms with van der Waals surface area (Å²) in [5.41, 5.74) is 0.529. The van der Waals surface area contributed by atoms with Crippen molar-refractivity contribution in [3.05, 3.63) is 24.3 Å². The summed E-state index contributed by atoms with van der Waals surface area (Å²) in [5, 5.41) is 5.88. The second kappa shape index (κ2) is 7.94. The van der Waals surface area contributed by atoms with E-state index in [2.05, 4.69) is 10.6 Å². The molecule has 0 aliphatic carbocycles. The van der Waals surface area contributed by atoms with Gasteiger partial charge in [0, 0.05) is 24.6 Å². The van der Waals surface area contributed by atoms with E-state index in [9.17, 15) is 13.2 Å². The molecule has 8 heteroatoms. The minimum atomic E-state index is -3.54. The van der Waals surface area contributed by atoms with Gasteiger partial charge in [0.05, 0.1) is 6.10 Å². The highest BCUT2D eigenvalue weighted by Crippen LogP contribution is 2.30. The normalized spacial score (nSPS) is 22.7. The maximum atomic E-state index is 12.8. The highest BCUT2D eigenvalue weighted by Gasteiger charge is 2.48. The number of amides is 1. The minimum absolute atomic E-state index is 0.108. The van der Waals surface area contributed by atoms with Gasteiger partial charge in [0.15, 0.2) is 14.6 Å². The van der Waals surface area contributed by atoms with Crippen LogP contribution in [0.15, 0.2) is 24.3 Å². The zero-order chi connectivity index (χ0) is 18.6. The van der Waals surface area contributed by atoms with Gasteiger partial charge in [-0.1, -0.05) is 6.07 Å². The summed E-state index contributed by atoms with van der Waals surface area (Å²) < 4.78 is 34.6. The number of piperidine rings is 1. The van der Waals surface area contributed by atoms with Crippen molar-refractivity contribution in [2.75, 3.05) is 37.9 Å². The molecule has 1 aromatic rings.